The molecule has 1 heterocycles. The van der Waals surface area contributed by atoms with Gasteiger partial charge in [-0.25, -0.2) is 0 Å². The summed E-state index contributed by atoms with van der Waals surface area (Å²) >= 11 is 5.84. The van der Waals surface area contributed by atoms with Gasteiger partial charge in [-0.1, -0.05) is 18.5 Å². The molecule has 1 saturated heterocycles. The minimum Gasteiger partial charge on any atom is -0.398 e. The maximum absolute atomic E-state index is 12.3. The maximum Gasteiger partial charge on any atom is 0.0821 e. The smallest absolute Gasteiger partial charge is 0.0821 e. The van der Waals surface area contributed by atoms with Crippen molar-refractivity contribution < 1.29 is 8.95 Å². The average Bonchev–Trinajstić information content (AvgIpc) is 2.38. The quantitative estimate of drug-likeness (QED) is 0.861. The Morgan fingerprint density at radius 2 is 2.37 bits per heavy atom. The number of hydrogen-bond donors (Lipinski definition) is 1. The van der Waals surface area contributed by atoms with Crippen LogP contribution >= 0.6 is 11.6 Å². The van der Waals surface area contributed by atoms with Crippen LogP contribution < -0.4 is 5.73 Å². The SMILES string of the molecule is CCN1CCOC(CS(=O)c2ccc(Cl)cc2N)C1. The predicted molar refractivity (Wildman–Crippen MR) is 79.0 cm³/mol. The van der Waals surface area contributed by atoms with Crippen molar-refractivity contribution in [1.29, 1.82) is 0 Å². The normalized spacial score (nSPS) is 22.3. The molecule has 0 radical (unpaired) electrons. The molecule has 1 aromatic rings. The van der Waals surface area contributed by atoms with E-state index in [1.807, 2.05) is 0 Å². The molecular formula is C13H19ClN2O2S. The van der Waals surface area contributed by atoms with E-state index in [9.17, 15) is 4.21 Å². The molecule has 0 aromatic heterocycles. The maximum atomic E-state index is 12.3. The Kier molecular flexibility index (Phi) is 5.21. The first-order chi connectivity index (χ1) is 9.10. The number of hydrogen-bond acceptors (Lipinski definition) is 4. The zero-order valence-electron chi connectivity index (χ0n) is 11.0. The molecule has 0 aliphatic carbocycles. The summed E-state index contributed by atoms with van der Waals surface area (Å²) in [6, 6.07) is 5.08. The minimum atomic E-state index is -1.15. The molecule has 4 nitrogen and oxygen atoms in total. The summed E-state index contributed by atoms with van der Waals surface area (Å²) in [5, 5.41) is 0.560. The Hall–Kier alpha value is -0.620. The zero-order chi connectivity index (χ0) is 13.8. The third-order valence-electron chi connectivity index (χ3n) is 3.22. The van der Waals surface area contributed by atoms with Crippen LogP contribution in [-0.4, -0.2) is 47.2 Å². The molecule has 1 aliphatic rings. The summed E-state index contributed by atoms with van der Waals surface area (Å²) in [4.78, 5) is 2.94. The molecule has 1 aromatic carbocycles. The number of nitrogens with zero attached hydrogens (tertiary/aromatic N) is 1. The van der Waals surface area contributed by atoms with Crippen LogP contribution in [0.15, 0.2) is 23.1 Å². The predicted octanol–water partition coefficient (Wildman–Crippen LogP) is 1.75. The lowest BCUT2D eigenvalue weighted by Gasteiger charge is -2.31. The van der Waals surface area contributed by atoms with Gasteiger partial charge in [-0.2, -0.15) is 0 Å². The second kappa shape index (κ2) is 6.70. The van der Waals surface area contributed by atoms with E-state index in [0.29, 0.717) is 28.0 Å². The molecule has 2 unspecified atom stereocenters. The number of rotatable bonds is 4. The fourth-order valence-electron chi connectivity index (χ4n) is 2.15. The van der Waals surface area contributed by atoms with Gasteiger partial charge in [0, 0.05) is 23.8 Å². The van der Waals surface area contributed by atoms with E-state index in [1.54, 1.807) is 18.2 Å². The third kappa shape index (κ3) is 3.92. The van der Waals surface area contributed by atoms with Crippen LogP contribution in [-0.2, 0) is 15.5 Å². The summed E-state index contributed by atoms with van der Waals surface area (Å²) in [5.74, 6) is 0.475. The van der Waals surface area contributed by atoms with Crippen LogP contribution in [0.2, 0.25) is 5.02 Å². The van der Waals surface area contributed by atoms with Crippen molar-refractivity contribution >= 4 is 28.1 Å². The summed E-state index contributed by atoms with van der Waals surface area (Å²) in [6.45, 7) is 5.59. The summed E-state index contributed by atoms with van der Waals surface area (Å²) in [5.41, 5.74) is 6.33. The van der Waals surface area contributed by atoms with Crippen molar-refractivity contribution in [3.63, 3.8) is 0 Å². The van der Waals surface area contributed by atoms with Gasteiger partial charge in [0.2, 0.25) is 0 Å². The molecule has 2 rings (SSSR count). The molecular weight excluding hydrogens is 284 g/mol. The van der Waals surface area contributed by atoms with Gasteiger partial charge in [-0.05, 0) is 24.7 Å². The van der Waals surface area contributed by atoms with Gasteiger partial charge in [0.15, 0.2) is 0 Å². The average molecular weight is 303 g/mol. The first kappa shape index (κ1) is 14.8. The Labute approximate surface area is 121 Å². The Morgan fingerprint density at radius 3 is 3.05 bits per heavy atom. The van der Waals surface area contributed by atoms with Crippen molar-refractivity contribution in [1.82, 2.24) is 4.90 Å². The lowest BCUT2D eigenvalue weighted by molar-refractivity contribution is -0.0141. The van der Waals surface area contributed by atoms with Crippen molar-refractivity contribution in [3.05, 3.63) is 23.2 Å². The molecule has 0 spiro atoms. The number of nitrogens with two attached hydrogens (primary N) is 1. The molecule has 1 fully saturated rings. The first-order valence-corrected chi connectivity index (χ1v) is 8.07. The van der Waals surface area contributed by atoms with Gasteiger partial charge in [-0.3, -0.25) is 9.11 Å². The fraction of sp³-hybridized carbons (Fsp3) is 0.538. The van der Waals surface area contributed by atoms with Gasteiger partial charge in [0.1, 0.15) is 0 Å². The molecule has 0 saturated carbocycles. The third-order valence-corrected chi connectivity index (χ3v) is 5.00. The standard InChI is InChI=1S/C13H19ClN2O2S/c1-2-16-5-6-18-11(8-16)9-19(17)13-4-3-10(14)7-12(13)15/h3-4,7,11H,2,5-6,8-9,15H2,1H3. The summed E-state index contributed by atoms with van der Waals surface area (Å²) in [6.07, 6.45) is 0.00427. The van der Waals surface area contributed by atoms with Crippen LogP contribution in [0.1, 0.15) is 6.92 Å². The largest absolute Gasteiger partial charge is 0.398 e. The monoisotopic (exact) mass is 302 g/mol. The van der Waals surface area contributed by atoms with Crippen molar-refractivity contribution in [3.8, 4) is 0 Å². The molecule has 0 bridgehead atoms. The fourth-order valence-corrected chi connectivity index (χ4v) is 3.59. The molecule has 19 heavy (non-hydrogen) atoms. The number of ether oxygens (including phenoxy) is 1. The van der Waals surface area contributed by atoms with E-state index in [2.05, 4.69) is 11.8 Å². The second-order valence-corrected chi connectivity index (χ2v) is 6.48. The summed E-state index contributed by atoms with van der Waals surface area (Å²) < 4.78 is 18.0. The highest BCUT2D eigenvalue weighted by molar-refractivity contribution is 7.85. The number of benzene rings is 1. The van der Waals surface area contributed by atoms with Crippen molar-refractivity contribution in [2.75, 3.05) is 37.7 Å². The number of halogens is 1. The topological polar surface area (TPSA) is 55.6 Å². The van der Waals surface area contributed by atoms with Crippen molar-refractivity contribution in [2.45, 2.75) is 17.9 Å². The van der Waals surface area contributed by atoms with Gasteiger partial charge in [-0.15, -0.1) is 0 Å². The van der Waals surface area contributed by atoms with Crippen LogP contribution in [0.3, 0.4) is 0 Å². The highest BCUT2D eigenvalue weighted by atomic mass is 35.5. The van der Waals surface area contributed by atoms with E-state index >= 15 is 0 Å². The van der Waals surface area contributed by atoms with Gasteiger partial charge in [0.05, 0.1) is 34.2 Å². The molecule has 0 amide bonds. The summed E-state index contributed by atoms with van der Waals surface area (Å²) in [7, 11) is -1.15. The highest BCUT2D eigenvalue weighted by Crippen LogP contribution is 2.22. The van der Waals surface area contributed by atoms with E-state index < -0.39 is 10.8 Å². The Morgan fingerprint density at radius 1 is 1.58 bits per heavy atom. The van der Waals surface area contributed by atoms with Crippen LogP contribution in [0.25, 0.3) is 0 Å². The van der Waals surface area contributed by atoms with Gasteiger partial charge >= 0.3 is 0 Å². The van der Waals surface area contributed by atoms with E-state index in [1.165, 1.54) is 0 Å². The minimum absolute atomic E-state index is 0.00427. The van der Waals surface area contributed by atoms with E-state index in [4.69, 9.17) is 22.1 Å². The van der Waals surface area contributed by atoms with Crippen LogP contribution in [0.4, 0.5) is 5.69 Å². The zero-order valence-corrected chi connectivity index (χ0v) is 12.5. The second-order valence-electron chi connectivity index (χ2n) is 4.58. The Balaban J connectivity index is 2.00. The van der Waals surface area contributed by atoms with Gasteiger partial charge in [0.25, 0.3) is 0 Å². The highest BCUT2D eigenvalue weighted by Gasteiger charge is 2.22. The lowest BCUT2D eigenvalue weighted by Crippen LogP contribution is -2.44. The molecule has 2 N–H and O–H groups in total. The van der Waals surface area contributed by atoms with E-state index in [0.717, 1.165) is 19.6 Å². The number of morpholine rings is 1. The van der Waals surface area contributed by atoms with E-state index in [-0.39, 0.29) is 6.10 Å². The molecule has 2 atom stereocenters. The van der Waals surface area contributed by atoms with Crippen molar-refractivity contribution in [2.24, 2.45) is 0 Å². The number of anilines is 1. The van der Waals surface area contributed by atoms with Crippen LogP contribution in [0.5, 0.6) is 0 Å². The molecule has 1 aliphatic heterocycles. The number of likely N-dealkylation sites (N-methyl/N-ethyl adjacent to an activating group) is 1. The lowest BCUT2D eigenvalue weighted by atomic mass is 10.3. The first-order valence-electron chi connectivity index (χ1n) is 6.37. The molecule has 6 heteroatoms. The van der Waals surface area contributed by atoms with Crippen LogP contribution in [0, 0.1) is 0 Å². The van der Waals surface area contributed by atoms with Gasteiger partial charge < -0.3 is 10.5 Å². The number of nitrogen functional groups attached to an aromatic ring is 1. The Bertz CT molecular complexity index is 470. The molecule has 106 valence electrons.